The van der Waals surface area contributed by atoms with Crippen molar-refractivity contribution in [3.8, 4) is 0 Å². The Morgan fingerprint density at radius 1 is 0.763 bits per heavy atom. The highest BCUT2D eigenvalue weighted by molar-refractivity contribution is 5.91. The normalized spacial score (nSPS) is 17.1. The maximum Gasteiger partial charge on any atom is 0.409 e. The van der Waals surface area contributed by atoms with Crippen molar-refractivity contribution >= 4 is 12.0 Å². The van der Waals surface area contributed by atoms with Gasteiger partial charge < -0.3 is 19.0 Å². The van der Waals surface area contributed by atoms with E-state index in [1.807, 2.05) is 6.07 Å². The van der Waals surface area contributed by atoms with Crippen molar-refractivity contribution in [2.75, 3.05) is 59.0 Å². The second-order valence-electron chi connectivity index (χ2n) is 9.78. The van der Waals surface area contributed by atoms with Gasteiger partial charge >= 0.3 is 6.09 Å². The van der Waals surface area contributed by atoms with E-state index < -0.39 is 0 Å². The fourth-order valence-electron chi connectivity index (χ4n) is 5.33. The number of hydrogen-bond donors (Lipinski definition) is 0. The van der Waals surface area contributed by atoms with Crippen molar-refractivity contribution < 1.29 is 18.7 Å². The third kappa shape index (κ3) is 6.09. The molecule has 5 rings (SSSR count). The molecule has 0 unspecified atom stereocenters. The van der Waals surface area contributed by atoms with Crippen LogP contribution in [0.3, 0.4) is 0 Å². The van der Waals surface area contributed by atoms with Crippen LogP contribution >= 0.6 is 0 Å². The predicted molar refractivity (Wildman–Crippen MR) is 145 cm³/mol. The van der Waals surface area contributed by atoms with Gasteiger partial charge in [-0.05, 0) is 30.2 Å². The van der Waals surface area contributed by atoms with Crippen LogP contribution in [0.4, 0.5) is 4.79 Å². The summed E-state index contributed by atoms with van der Waals surface area (Å²) in [7, 11) is 0. The molecule has 2 amide bonds. The third-order valence-electron chi connectivity index (χ3n) is 7.35. The fourth-order valence-corrected chi connectivity index (χ4v) is 5.33. The van der Waals surface area contributed by atoms with Crippen molar-refractivity contribution in [1.82, 2.24) is 19.6 Å². The smallest absolute Gasteiger partial charge is 0.409 e. The summed E-state index contributed by atoms with van der Waals surface area (Å²) in [5, 5.41) is 0. The predicted octanol–water partition coefficient (Wildman–Crippen LogP) is 4.10. The second-order valence-corrected chi connectivity index (χ2v) is 9.78. The van der Waals surface area contributed by atoms with Gasteiger partial charge in [-0.1, -0.05) is 60.7 Å². The first-order valence-electron chi connectivity index (χ1n) is 13.5. The molecule has 0 bridgehead atoms. The SMILES string of the molecule is CCOC(=O)N1CCN(C(=O)c2ccc(CN3CCN(C(c4ccccc4)c4ccccc4)CC3)o2)CC1. The van der Waals surface area contributed by atoms with E-state index in [9.17, 15) is 9.59 Å². The molecule has 0 radical (unpaired) electrons. The Hall–Kier alpha value is -3.62. The van der Waals surface area contributed by atoms with Gasteiger partial charge in [-0.25, -0.2) is 4.79 Å². The van der Waals surface area contributed by atoms with Crippen molar-refractivity contribution in [2.45, 2.75) is 19.5 Å². The van der Waals surface area contributed by atoms with E-state index >= 15 is 0 Å². The van der Waals surface area contributed by atoms with Gasteiger partial charge in [0.25, 0.3) is 5.91 Å². The minimum absolute atomic E-state index is 0.127. The number of hydrogen-bond acceptors (Lipinski definition) is 6. The van der Waals surface area contributed by atoms with E-state index in [1.165, 1.54) is 11.1 Å². The van der Waals surface area contributed by atoms with Gasteiger partial charge in [-0.3, -0.25) is 14.6 Å². The molecular formula is C30H36N4O4. The molecule has 3 aromatic rings. The first-order valence-corrected chi connectivity index (χ1v) is 13.5. The second kappa shape index (κ2) is 12.3. The molecule has 2 aliphatic rings. The number of amides is 2. The molecule has 200 valence electrons. The standard InChI is InChI=1S/C30H36N4O4/c1-2-37-30(36)34-21-19-33(20-22-34)29(35)27-14-13-26(38-27)23-31-15-17-32(18-16-31)28(24-9-5-3-6-10-24)25-11-7-4-8-12-25/h3-14,28H,2,15-23H2,1H3. The topological polar surface area (TPSA) is 69.5 Å². The zero-order chi connectivity index (χ0) is 26.3. The van der Waals surface area contributed by atoms with E-state index in [4.69, 9.17) is 9.15 Å². The highest BCUT2D eigenvalue weighted by Gasteiger charge is 2.29. The summed E-state index contributed by atoms with van der Waals surface area (Å²) < 4.78 is 11.0. The van der Waals surface area contributed by atoms with Crippen LogP contribution in [0, 0.1) is 0 Å². The number of carbonyl (C=O) groups excluding carboxylic acids is 2. The lowest BCUT2D eigenvalue weighted by molar-refractivity contribution is 0.0541. The van der Waals surface area contributed by atoms with Gasteiger partial charge in [0, 0.05) is 52.4 Å². The molecule has 2 aromatic carbocycles. The summed E-state index contributed by atoms with van der Waals surface area (Å²) in [6.45, 7) is 8.45. The summed E-state index contributed by atoms with van der Waals surface area (Å²) >= 11 is 0. The average molecular weight is 517 g/mol. The number of nitrogens with zero attached hydrogens (tertiary/aromatic N) is 4. The third-order valence-corrected chi connectivity index (χ3v) is 7.35. The van der Waals surface area contributed by atoms with Crippen LogP contribution in [0.15, 0.2) is 77.2 Å². The van der Waals surface area contributed by atoms with Crippen molar-refractivity contribution in [3.05, 3.63) is 95.4 Å². The van der Waals surface area contributed by atoms with Crippen LogP contribution in [0.5, 0.6) is 0 Å². The van der Waals surface area contributed by atoms with E-state index in [1.54, 1.807) is 22.8 Å². The number of furan rings is 1. The highest BCUT2D eigenvalue weighted by Crippen LogP contribution is 2.29. The number of rotatable bonds is 7. The molecule has 8 heteroatoms. The first kappa shape index (κ1) is 26.0. The molecular weight excluding hydrogens is 480 g/mol. The Balaban J connectivity index is 1.15. The Kier molecular flexibility index (Phi) is 8.41. The molecule has 8 nitrogen and oxygen atoms in total. The maximum atomic E-state index is 13.0. The number of piperazine rings is 2. The Labute approximate surface area is 224 Å². The molecule has 0 aliphatic carbocycles. The summed E-state index contributed by atoms with van der Waals surface area (Å²) in [4.78, 5) is 33.2. The Morgan fingerprint density at radius 3 is 1.92 bits per heavy atom. The quantitative estimate of drug-likeness (QED) is 0.471. The zero-order valence-corrected chi connectivity index (χ0v) is 22.0. The number of benzene rings is 2. The zero-order valence-electron chi connectivity index (χ0n) is 22.0. The van der Waals surface area contributed by atoms with Crippen LogP contribution in [0.25, 0.3) is 0 Å². The molecule has 1 aromatic heterocycles. The summed E-state index contributed by atoms with van der Waals surface area (Å²) in [5.41, 5.74) is 2.62. The molecule has 0 atom stereocenters. The van der Waals surface area contributed by atoms with E-state index in [0.29, 0.717) is 45.1 Å². The van der Waals surface area contributed by atoms with Crippen LogP contribution in [-0.4, -0.2) is 90.6 Å². The molecule has 2 aliphatic heterocycles. The van der Waals surface area contributed by atoms with Gasteiger partial charge in [0.15, 0.2) is 5.76 Å². The minimum atomic E-state index is -0.321. The van der Waals surface area contributed by atoms with Gasteiger partial charge in [0.2, 0.25) is 0 Å². The molecule has 38 heavy (non-hydrogen) atoms. The molecule has 2 fully saturated rings. The summed E-state index contributed by atoms with van der Waals surface area (Å²) in [6.07, 6.45) is -0.321. The van der Waals surface area contributed by atoms with Crippen molar-refractivity contribution in [1.29, 1.82) is 0 Å². The van der Waals surface area contributed by atoms with E-state index in [2.05, 4.69) is 70.5 Å². The lowest BCUT2D eigenvalue weighted by Gasteiger charge is -2.39. The average Bonchev–Trinajstić information content (AvgIpc) is 3.43. The lowest BCUT2D eigenvalue weighted by atomic mass is 9.96. The van der Waals surface area contributed by atoms with Crippen LogP contribution in [0.1, 0.15) is 40.4 Å². The summed E-state index contributed by atoms with van der Waals surface area (Å²) in [6, 6.07) is 25.3. The fraction of sp³-hybridized carbons (Fsp3) is 0.400. The molecule has 3 heterocycles. The van der Waals surface area contributed by atoms with Crippen LogP contribution < -0.4 is 0 Å². The van der Waals surface area contributed by atoms with Gasteiger partial charge in [-0.15, -0.1) is 0 Å². The Morgan fingerprint density at radius 2 is 1.34 bits per heavy atom. The number of ether oxygens (including phenoxy) is 1. The van der Waals surface area contributed by atoms with Crippen molar-refractivity contribution in [2.24, 2.45) is 0 Å². The molecule has 0 spiro atoms. The van der Waals surface area contributed by atoms with Gasteiger partial charge in [-0.2, -0.15) is 0 Å². The van der Waals surface area contributed by atoms with E-state index in [-0.39, 0.29) is 18.0 Å². The molecule has 0 saturated carbocycles. The Bertz CT molecular complexity index is 1140. The maximum absolute atomic E-state index is 13.0. The number of carbonyl (C=O) groups is 2. The molecule has 2 saturated heterocycles. The lowest BCUT2D eigenvalue weighted by Crippen LogP contribution is -2.50. The highest BCUT2D eigenvalue weighted by atomic mass is 16.6. The van der Waals surface area contributed by atoms with Crippen LogP contribution in [-0.2, 0) is 11.3 Å². The first-order chi connectivity index (χ1) is 18.6. The molecule has 0 N–H and O–H groups in total. The largest absolute Gasteiger partial charge is 0.455 e. The van der Waals surface area contributed by atoms with Gasteiger partial charge in [0.05, 0.1) is 19.2 Å². The monoisotopic (exact) mass is 516 g/mol. The van der Waals surface area contributed by atoms with Gasteiger partial charge in [0.1, 0.15) is 5.76 Å². The summed E-state index contributed by atoms with van der Waals surface area (Å²) in [5.74, 6) is 1.03. The van der Waals surface area contributed by atoms with E-state index in [0.717, 1.165) is 31.9 Å². The van der Waals surface area contributed by atoms with Crippen LogP contribution in [0.2, 0.25) is 0 Å². The van der Waals surface area contributed by atoms with Crippen molar-refractivity contribution in [3.63, 3.8) is 0 Å². The minimum Gasteiger partial charge on any atom is -0.455 e.